The first-order valence-electron chi connectivity index (χ1n) is 7.02. The van der Waals surface area contributed by atoms with Gasteiger partial charge in [-0.2, -0.15) is 0 Å². The van der Waals surface area contributed by atoms with Gasteiger partial charge in [-0.05, 0) is 30.8 Å². The summed E-state index contributed by atoms with van der Waals surface area (Å²) in [5.41, 5.74) is 0.977. The molecule has 0 saturated carbocycles. The van der Waals surface area contributed by atoms with E-state index in [0.29, 0.717) is 24.3 Å². The third-order valence-corrected chi connectivity index (χ3v) is 4.89. The summed E-state index contributed by atoms with van der Waals surface area (Å²) in [6, 6.07) is 10.8. The number of imide groups is 1. The van der Waals surface area contributed by atoms with Crippen LogP contribution in [-0.4, -0.2) is 34.8 Å². The minimum absolute atomic E-state index is 0.219. The van der Waals surface area contributed by atoms with Crippen LogP contribution in [-0.2, 0) is 6.54 Å². The Kier molecular flexibility index (Phi) is 4.29. The molecule has 2 heterocycles. The van der Waals surface area contributed by atoms with Crippen molar-refractivity contribution in [3.8, 4) is 0 Å². The molecule has 6 heteroatoms. The first-order chi connectivity index (χ1) is 10.6. The monoisotopic (exact) mass is 334 g/mol. The van der Waals surface area contributed by atoms with Gasteiger partial charge < -0.3 is 0 Å². The highest BCUT2D eigenvalue weighted by molar-refractivity contribution is 7.16. The molecule has 0 bridgehead atoms. The number of hydrogen-bond acceptors (Lipinski definition) is 4. The molecule has 22 heavy (non-hydrogen) atoms. The van der Waals surface area contributed by atoms with Crippen LogP contribution in [0.5, 0.6) is 0 Å². The lowest BCUT2D eigenvalue weighted by Crippen LogP contribution is -2.40. The van der Waals surface area contributed by atoms with E-state index in [1.54, 1.807) is 24.3 Å². The zero-order valence-corrected chi connectivity index (χ0v) is 13.7. The topological polar surface area (TPSA) is 40.6 Å². The molecule has 3 rings (SSSR count). The van der Waals surface area contributed by atoms with Gasteiger partial charge in [0.15, 0.2) is 0 Å². The normalized spacial score (nSPS) is 14.0. The third kappa shape index (κ3) is 2.79. The molecule has 1 aliphatic rings. The van der Waals surface area contributed by atoms with Gasteiger partial charge in [-0.3, -0.25) is 19.4 Å². The molecular formula is C16H15ClN2O2S. The summed E-state index contributed by atoms with van der Waals surface area (Å²) in [7, 11) is 0. The molecule has 2 aromatic rings. The van der Waals surface area contributed by atoms with Crippen molar-refractivity contribution in [1.82, 2.24) is 9.80 Å². The van der Waals surface area contributed by atoms with Gasteiger partial charge in [0.1, 0.15) is 0 Å². The van der Waals surface area contributed by atoms with Crippen molar-refractivity contribution in [1.29, 1.82) is 0 Å². The van der Waals surface area contributed by atoms with Gasteiger partial charge in [0.25, 0.3) is 11.8 Å². The molecule has 1 aliphatic heterocycles. The van der Waals surface area contributed by atoms with Crippen LogP contribution in [0, 0.1) is 0 Å². The number of thiophene rings is 1. The Morgan fingerprint density at radius 2 is 1.73 bits per heavy atom. The van der Waals surface area contributed by atoms with E-state index in [-0.39, 0.29) is 11.8 Å². The van der Waals surface area contributed by atoms with E-state index in [1.807, 2.05) is 24.0 Å². The van der Waals surface area contributed by atoms with Crippen molar-refractivity contribution in [3.63, 3.8) is 0 Å². The lowest BCUT2D eigenvalue weighted by molar-refractivity contribution is 0.0539. The number of nitrogens with zero attached hydrogens (tertiary/aromatic N) is 2. The molecule has 2 amide bonds. The summed E-state index contributed by atoms with van der Waals surface area (Å²) in [6.07, 6.45) is 0. The number of hydrogen-bond donors (Lipinski definition) is 0. The second-order valence-electron chi connectivity index (χ2n) is 5.08. The molecule has 114 valence electrons. The number of halogens is 1. The van der Waals surface area contributed by atoms with E-state index < -0.39 is 0 Å². The standard InChI is InChI=1S/C16H15ClN2O2S/c1-2-18(9-11-7-8-14(17)22-11)10-19-15(20)12-5-3-4-6-13(12)16(19)21/h3-8H,2,9-10H2,1H3. The number of carbonyl (C=O) groups is 2. The highest BCUT2D eigenvalue weighted by atomic mass is 35.5. The van der Waals surface area contributed by atoms with Crippen molar-refractivity contribution < 1.29 is 9.59 Å². The van der Waals surface area contributed by atoms with Gasteiger partial charge in [0, 0.05) is 11.4 Å². The molecular weight excluding hydrogens is 320 g/mol. The number of rotatable bonds is 5. The Labute approximate surface area is 137 Å². The number of carbonyl (C=O) groups excluding carboxylic acids is 2. The van der Waals surface area contributed by atoms with Gasteiger partial charge in [0.05, 0.1) is 22.1 Å². The number of amides is 2. The van der Waals surface area contributed by atoms with E-state index in [1.165, 1.54) is 16.2 Å². The minimum atomic E-state index is -0.219. The van der Waals surface area contributed by atoms with E-state index in [2.05, 4.69) is 0 Å². The van der Waals surface area contributed by atoms with Crippen LogP contribution in [0.25, 0.3) is 0 Å². The Morgan fingerprint density at radius 1 is 1.09 bits per heavy atom. The summed E-state index contributed by atoms with van der Waals surface area (Å²) in [5, 5.41) is 0. The molecule has 0 unspecified atom stereocenters. The maximum atomic E-state index is 12.4. The molecule has 0 radical (unpaired) electrons. The molecule has 0 aliphatic carbocycles. The first kappa shape index (κ1) is 15.2. The quantitative estimate of drug-likeness (QED) is 0.786. The summed E-state index contributed by atoms with van der Waals surface area (Å²) in [4.78, 5) is 29.2. The molecule has 0 spiro atoms. The molecule has 1 aromatic heterocycles. The summed E-state index contributed by atoms with van der Waals surface area (Å²) < 4.78 is 0.742. The molecule has 1 aromatic carbocycles. The van der Waals surface area contributed by atoms with Crippen molar-refractivity contribution in [3.05, 3.63) is 56.7 Å². The van der Waals surface area contributed by atoms with E-state index in [0.717, 1.165) is 15.8 Å². The fourth-order valence-electron chi connectivity index (χ4n) is 2.49. The van der Waals surface area contributed by atoms with Gasteiger partial charge >= 0.3 is 0 Å². The summed E-state index contributed by atoms with van der Waals surface area (Å²) in [5.74, 6) is -0.438. The summed E-state index contributed by atoms with van der Waals surface area (Å²) in [6.45, 7) is 3.70. The van der Waals surface area contributed by atoms with Crippen LogP contribution in [0.3, 0.4) is 0 Å². The van der Waals surface area contributed by atoms with E-state index >= 15 is 0 Å². The molecule has 0 fully saturated rings. The van der Waals surface area contributed by atoms with Crippen LogP contribution in [0.2, 0.25) is 4.34 Å². The maximum absolute atomic E-state index is 12.4. The van der Waals surface area contributed by atoms with Crippen molar-refractivity contribution in [2.24, 2.45) is 0 Å². The second kappa shape index (κ2) is 6.20. The van der Waals surface area contributed by atoms with E-state index in [4.69, 9.17) is 11.6 Å². The molecule has 0 saturated heterocycles. The highest BCUT2D eigenvalue weighted by Gasteiger charge is 2.35. The third-order valence-electron chi connectivity index (χ3n) is 3.68. The lowest BCUT2D eigenvalue weighted by atomic mass is 10.1. The Bertz CT molecular complexity index is 693. The van der Waals surface area contributed by atoms with E-state index in [9.17, 15) is 9.59 Å². The van der Waals surface area contributed by atoms with Gasteiger partial charge in [-0.1, -0.05) is 30.7 Å². The second-order valence-corrected chi connectivity index (χ2v) is 6.88. The Balaban J connectivity index is 1.75. The smallest absolute Gasteiger partial charge is 0.262 e. The van der Waals surface area contributed by atoms with Crippen LogP contribution in [0.15, 0.2) is 36.4 Å². The average molecular weight is 335 g/mol. The van der Waals surface area contributed by atoms with Crippen LogP contribution < -0.4 is 0 Å². The summed E-state index contributed by atoms with van der Waals surface area (Å²) >= 11 is 7.46. The predicted molar refractivity (Wildman–Crippen MR) is 87.2 cm³/mol. The van der Waals surface area contributed by atoms with Crippen LogP contribution in [0.1, 0.15) is 32.5 Å². The zero-order valence-electron chi connectivity index (χ0n) is 12.1. The number of benzene rings is 1. The van der Waals surface area contributed by atoms with Crippen LogP contribution in [0.4, 0.5) is 0 Å². The lowest BCUT2D eigenvalue weighted by Gasteiger charge is -2.24. The highest BCUT2D eigenvalue weighted by Crippen LogP contribution is 2.25. The minimum Gasteiger partial charge on any atom is -0.281 e. The largest absolute Gasteiger partial charge is 0.281 e. The number of fused-ring (bicyclic) bond motifs is 1. The Hall–Kier alpha value is -1.69. The van der Waals surface area contributed by atoms with Gasteiger partial charge in [-0.15, -0.1) is 11.3 Å². The van der Waals surface area contributed by atoms with Gasteiger partial charge in [-0.25, -0.2) is 0 Å². The zero-order chi connectivity index (χ0) is 15.7. The fraction of sp³-hybridized carbons (Fsp3) is 0.250. The van der Waals surface area contributed by atoms with Crippen LogP contribution >= 0.6 is 22.9 Å². The molecule has 0 atom stereocenters. The van der Waals surface area contributed by atoms with Crippen molar-refractivity contribution >= 4 is 34.8 Å². The SMILES string of the molecule is CCN(Cc1ccc(Cl)s1)CN1C(=O)c2ccccc2C1=O. The van der Waals surface area contributed by atoms with Gasteiger partial charge in [0.2, 0.25) is 0 Å². The maximum Gasteiger partial charge on any atom is 0.262 e. The molecule has 0 N–H and O–H groups in total. The molecule has 4 nitrogen and oxygen atoms in total. The predicted octanol–water partition coefficient (Wildman–Crippen LogP) is 3.48. The van der Waals surface area contributed by atoms with Crippen molar-refractivity contribution in [2.45, 2.75) is 13.5 Å². The fourth-order valence-corrected chi connectivity index (χ4v) is 3.62. The first-order valence-corrected chi connectivity index (χ1v) is 8.21. The Morgan fingerprint density at radius 3 is 2.23 bits per heavy atom. The average Bonchev–Trinajstić information content (AvgIpc) is 3.04. The van der Waals surface area contributed by atoms with Crippen molar-refractivity contribution in [2.75, 3.05) is 13.2 Å².